The molecule has 0 aliphatic carbocycles. The fraction of sp³-hybridized carbons (Fsp3) is 0.538. The maximum Gasteiger partial charge on any atom is 0.126 e. The number of hydrogen-bond acceptors (Lipinski definition) is 2. The van der Waals surface area contributed by atoms with Crippen molar-refractivity contribution in [3.63, 3.8) is 0 Å². The van der Waals surface area contributed by atoms with Gasteiger partial charge in [-0.25, -0.2) is 0 Å². The first-order chi connectivity index (χ1) is 7.61. The molecule has 2 N–H and O–H groups in total. The van der Waals surface area contributed by atoms with Crippen LogP contribution in [0.1, 0.15) is 29.5 Å². The molecule has 1 aromatic carbocycles. The van der Waals surface area contributed by atoms with Gasteiger partial charge in [0.2, 0.25) is 0 Å². The molecule has 0 bridgehead atoms. The summed E-state index contributed by atoms with van der Waals surface area (Å²) in [5.74, 6) is 1.02. The molecule has 0 atom stereocenters. The van der Waals surface area contributed by atoms with E-state index in [0.29, 0.717) is 0 Å². The van der Waals surface area contributed by atoms with Gasteiger partial charge in [0.15, 0.2) is 0 Å². The fourth-order valence-electron chi connectivity index (χ4n) is 1.93. The van der Waals surface area contributed by atoms with E-state index in [9.17, 15) is 0 Å². The number of aryl methyl sites for hydroxylation is 1. The van der Waals surface area contributed by atoms with Gasteiger partial charge in [-0.15, -0.1) is 0 Å². The van der Waals surface area contributed by atoms with Gasteiger partial charge in [-0.3, -0.25) is 0 Å². The zero-order valence-corrected chi connectivity index (χ0v) is 11.9. The average Bonchev–Trinajstić information content (AvgIpc) is 2.26. The van der Waals surface area contributed by atoms with Crippen molar-refractivity contribution in [2.45, 2.75) is 33.1 Å². The molecular weight excluding hydrogens is 266 g/mol. The topological polar surface area (TPSA) is 35.2 Å². The molecule has 16 heavy (non-hydrogen) atoms. The Bertz CT molecular complexity index is 363. The number of unbranched alkanes of at least 4 members (excludes halogenated alkanes) is 1. The summed E-state index contributed by atoms with van der Waals surface area (Å²) in [6, 6.07) is 2.16. The Morgan fingerprint density at radius 2 is 2.00 bits per heavy atom. The van der Waals surface area contributed by atoms with Gasteiger partial charge in [-0.05, 0) is 56.8 Å². The predicted molar refractivity (Wildman–Crippen MR) is 72.2 cm³/mol. The lowest BCUT2D eigenvalue weighted by Crippen LogP contribution is -2.02. The Morgan fingerprint density at radius 1 is 1.31 bits per heavy atom. The molecule has 0 saturated heterocycles. The number of hydrogen-bond donors (Lipinski definition) is 1. The van der Waals surface area contributed by atoms with Crippen LogP contribution in [0.25, 0.3) is 0 Å². The lowest BCUT2D eigenvalue weighted by Gasteiger charge is -2.15. The molecule has 0 aliphatic heterocycles. The van der Waals surface area contributed by atoms with E-state index >= 15 is 0 Å². The van der Waals surface area contributed by atoms with Crippen molar-refractivity contribution in [1.82, 2.24) is 0 Å². The minimum atomic E-state index is 0.761. The highest BCUT2D eigenvalue weighted by Crippen LogP contribution is 2.33. The van der Waals surface area contributed by atoms with Crippen LogP contribution in [0.3, 0.4) is 0 Å². The molecule has 2 nitrogen and oxygen atoms in total. The minimum Gasteiger partial charge on any atom is -0.496 e. The van der Waals surface area contributed by atoms with Crippen LogP contribution in [0.15, 0.2) is 10.5 Å². The van der Waals surface area contributed by atoms with Crippen LogP contribution in [-0.4, -0.2) is 13.7 Å². The number of ether oxygens (including phenoxy) is 1. The standard InChI is InChI=1S/C13H20BrNO/c1-9-8-12(14)10(2)13(16-3)11(9)6-4-5-7-15/h8H,4-7,15H2,1-3H3. The summed E-state index contributed by atoms with van der Waals surface area (Å²) in [7, 11) is 1.74. The van der Waals surface area contributed by atoms with E-state index in [4.69, 9.17) is 10.5 Å². The van der Waals surface area contributed by atoms with Gasteiger partial charge < -0.3 is 10.5 Å². The lowest BCUT2D eigenvalue weighted by molar-refractivity contribution is 0.405. The molecule has 0 saturated carbocycles. The lowest BCUT2D eigenvalue weighted by atomic mass is 9.99. The van der Waals surface area contributed by atoms with Crippen LogP contribution < -0.4 is 10.5 Å². The summed E-state index contributed by atoms with van der Waals surface area (Å²) in [4.78, 5) is 0. The van der Waals surface area contributed by atoms with Crippen molar-refractivity contribution < 1.29 is 4.74 Å². The molecule has 0 aromatic heterocycles. The largest absolute Gasteiger partial charge is 0.496 e. The number of benzene rings is 1. The Balaban J connectivity index is 3.01. The molecule has 0 spiro atoms. The predicted octanol–water partition coefficient (Wildman–Crippen LogP) is 3.36. The van der Waals surface area contributed by atoms with Crippen LogP contribution in [0.4, 0.5) is 0 Å². The number of nitrogens with two attached hydrogens (primary N) is 1. The van der Waals surface area contributed by atoms with Crippen molar-refractivity contribution in [1.29, 1.82) is 0 Å². The summed E-state index contributed by atoms with van der Waals surface area (Å²) in [6.07, 6.45) is 3.23. The SMILES string of the molecule is COc1c(C)c(Br)cc(C)c1CCCCN. The first-order valence-corrected chi connectivity index (χ1v) is 6.43. The second-order valence-electron chi connectivity index (χ2n) is 4.06. The zero-order valence-electron chi connectivity index (χ0n) is 10.3. The molecule has 90 valence electrons. The molecule has 1 aromatic rings. The monoisotopic (exact) mass is 285 g/mol. The maximum atomic E-state index is 5.52. The van der Waals surface area contributed by atoms with Crippen LogP contribution in [0.5, 0.6) is 5.75 Å². The van der Waals surface area contributed by atoms with E-state index in [1.54, 1.807) is 7.11 Å². The summed E-state index contributed by atoms with van der Waals surface area (Å²) in [5, 5.41) is 0. The third-order valence-electron chi connectivity index (χ3n) is 2.88. The fourth-order valence-corrected chi connectivity index (χ4v) is 2.46. The van der Waals surface area contributed by atoms with E-state index in [0.717, 1.165) is 36.0 Å². The van der Waals surface area contributed by atoms with Gasteiger partial charge in [0, 0.05) is 10.0 Å². The second-order valence-corrected chi connectivity index (χ2v) is 4.91. The second kappa shape index (κ2) is 6.26. The highest BCUT2D eigenvalue weighted by Gasteiger charge is 2.12. The van der Waals surface area contributed by atoms with E-state index in [2.05, 4.69) is 35.8 Å². The van der Waals surface area contributed by atoms with Crippen molar-refractivity contribution in [2.24, 2.45) is 5.73 Å². The Kier molecular flexibility index (Phi) is 5.29. The molecule has 0 heterocycles. The Labute approximate surface area is 106 Å². The average molecular weight is 286 g/mol. The third-order valence-corrected chi connectivity index (χ3v) is 3.70. The van der Waals surface area contributed by atoms with Crippen molar-refractivity contribution in [3.05, 3.63) is 27.2 Å². The van der Waals surface area contributed by atoms with Crippen LogP contribution in [0.2, 0.25) is 0 Å². The maximum absolute atomic E-state index is 5.52. The summed E-state index contributed by atoms with van der Waals surface area (Å²) in [5.41, 5.74) is 9.29. The van der Waals surface area contributed by atoms with E-state index in [-0.39, 0.29) is 0 Å². The first kappa shape index (κ1) is 13.5. The van der Waals surface area contributed by atoms with Crippen LogP contribution >= 0.6 is 15.9 Å². The van der Waals surface area contributed by atoms with Gasteiger partial charge in [0.05, 0.1) is 7.11 Å². The summed E-state index contributed by atoms with van der Waals surface area (Å²) >= 11 is 3.55. The Hall–Kier alpha value is -0.540. The van der Waals surface area contributed by atoms with Gasteiger partial charge in [-0.2, -0.15) is 0 Å². The van der Waals surface area contributed by atoms with Gasteiger partial charge in [-0.1, -0.05) is 15.9 Å². The van der Waals surface area contributed by atoms with Crippen molar-refractivity contribution in [3.8, 4) is 5.75 Å². The molecule has 3 heteroatoms. The quantitative estimate of drug-likeness (QED) is 0.842. The molecular formula is C13H20BrNO. The molecule has 0 amide bonds. The molecule has 0 aliphatic rings. The van der Waals surface area contributed by atoms with Crippen LogP contribution in [-0.2, 0) is 6.42 Å². The number of methoxy groups -OCH3 is 1. The number of halogens is 1. The molecule has 1 rings (SSSR count). The van der Waals surface area contributed by atoms with Gasteiger partial charge in [0.1, 0.15) is 5.75 Å². The van der Waals surface area contributed by atoms with E-state index in [1.807, 2.05) is 0 Å². The summed E-state index contributed by atoms with van der Waals surface area (Å²) < 4.78 is 6.62. The highest BCUT2D eigenvalue weighted by atomic mass is 79.9. The summed E-state index contributed by atoms with van der Waals surface area (Å²) in [6.45, 7) is 4.97. The van der Waals surface area contributed by atoms with Gasteiger partial charge >= 0.3 is 0 Å². The minimum absolute atomic E-state index is 0.761. The van der Waals surface area contributed by atoms with Crippen molar-refractivity contribution >= 4 is 15.9 Å². The number of rotatable bonds is 5. The highest BCUT2D eigenvalue weighted by molar-refractivity contribution is 9.10. The normalized spacial score (nSPS) is 10.6. The van der Waals surface area contributed by atoms with Crippen LogP contribution in [0, 0.1) is 13.8 Å². The first-order valence-electron chi connectivity index (χ1n) is 5.64. The van der Waals surface area contributed by atoms with E-state index < -0.39 is 0 Å². The van der Waals surface area contributed by atoms with Gasteiger partial charge in [0.25, 0.3) is 0 Å². The smallest absolute Gasteiger partial charge is 0.126 e. The Morgan fingerprint density at radius 3 is 2.56 bits per heavy atom. The molecule has 0 radical (unpaired) electrons. The zero-order chi connectivity index (χ0) is 12.1. The van der Waals surface area contributed by atoms with Crippen molar-refractivity contribution in [2.75, 3.05) is 13.7 Å². The van der Waals surface area contributed by atoms with E-state index in [1.165, 1.54) is 16.7 Å². The molecule has 0 fully saturated rings. The molecule has 0 unspecified atom stereocenters. The third kappa shape index (κ3) is 2.98.